The number of nitrogens with zero attached hydrogens (tertiary/aromatic N) is 1. The number of nitrogens with one attached hydrogen (secondary N) is 1. The number of anilines is 2. The fraction of sp³-hybridized carbons (Fsp3) is 0.476. The van der Waals surface area contributed by atoms with Gasteiger partial charge in [0.2, 0.25) is 5.91 Å². The fourth-order valence-electron chi connectivity index (χ4n) is 4.28. The predicted octanol–water partition coefficient (Wildman–Crippen LogP) is 4.42. The Balaban J connectivity index is 1.46. The second-order valence-electron chi connectivity index (χ2n) is 7.36. The number of amides is 1. The number of thiophene rings is 1. The molecule has 4 rings (SSSR count). The van der Waals surface area contributed by atoms with E-state index in [1.54, 1.807) is 18.4 Å². The number of rotatable bonds is 5. The van der Waals surface area contributed by atoms with Gasteiger partial charge >= 0.3 is 0 Å². The zero-order valence-electron chi connectivity index (χ0n) is 15.2. The Morgan fingerprint density at radius 2 is 2.00 bits per heavy atom. The van der Waals surface area contributed by atoms with Gasteiger partial charge in [0.15, 0.2) is 0 Å². The van der Waals surface area contributed by atoms with Gasteiger partial charge in [-0.15, -0.1) is 11.3 Å². The number of ether oxygens (including phenoxy) is 1. The van der Waals surface area contributed by atoms with Crippen molar-refractivity contribution in [1.82, 2.24) is 0 Å². The lowest BCUT2D eigenvalue weighted by atomic mass is 9.83. The van der Waals surface area contributed by atoms with E-state index in [4.69, 9.17) is 4.74 Å². The summed E-state index contributed by atoms with van der Waals surface area (Å²) < 4.78 is 5.44. The van der Waals surface area contributed by atoms with Crippen molar-refractivity contribution in [3.05, 3.63) is 46.7 Å². The molecule has 0 radical (unpaired) electrons. The van der Waals surface area contributed by atoms with E-state index in [0.717, 1.165) is 50.9 Å². The molecular formula is C21H26N2O2S. The lowest BCUT2D eigenvalue weighted by Gasteiger charge is -2.26. The van der Waals surface area contributed by atoms with Crippen LogP contribution in [0.5, 0.6) is 0 Å². The van der Waals surface area contributed by atoms with E-state index >= 15 is 0 Å². The Bertz CT molecular complexity index is 736. The highest BCUT2D eigenvalue weighted by atomic mass is 32.1. The third kappa shape index (κ3) is 3.26. The number of methoxy groups -OCH3 is 1. The van der Waals surface area contributed by atoms with E-state index in [-0.39, 0.29) is 11.3 Å². The standard InChI is InChI=1S/C21H26N2O2S/c1-25-18-10-13-23(15-18)17-8-6-16(7-9-17)22-20(24)21(11-2-3-12-21)19-5-4-14-26-19/h4-9,14,18H,2-3,10-13,15H2,1H3,(H,22,24)/t18-/m0/s1. The van der Waals surface area contributed by atoms with Crippen LogP contribution in [0.3, 0.4) is 0 Å². The minimum absolute atomic E-state index is 0.144. The third-order valence-corrected chi connectivity index (χ3v) is 6.93. The maximum Gasteiger partial charge on any atom is 0.235 e. The summed E-state index contributed by atoms with van der Waals surface area (Å²) in [7, 11) is 1.78. The molecule has 1 aliphatic heterocycles. The smallest absolute Gasteiger partial charge is 0.235 e. The summed E-state index contributed by atoms with van der Waals surface area (Å²) in [5.41, 5.74) is 1.73. The van der Waals surface area contributed by atoms with Gasteiger partial charge < -0.3 is 15.0 Å². The molecule has 26 heavy (non-hydrogen) atoms. The van der Waals surface area contributed by atoms with Crippen LogP contribution in [0.2, 0.25) is 0 Å². The molecule has 1 atom stereocenters. The molecule has 0 unspecified atom stereocenters. The molecule has 2 fully saturated rings. The second-order valence-corrected chi connectivity index (χ2v) is 8.31. The first-order valence-electron chi connectivity index (χ1n) is 9.44. The molecule has 2 aromatic rings. The topological polar surface area (TPSA) is 41.6 Å². The second kappa shape index (κ2) is 7.41. The highest BCUT2D eigenvalue weighted by molar-refractivity contribution is 7.10. The van der Waals surface area contributed by atoms with Gasteiger partial charge in [-0.3, -0.25) is 4.79 Å². The lowest BCUT2D eigenvalue weighted by Crippen LogP contribution is -2.37. The summed E-state index contributed by atoms with van der Waals surface area (Å²) >= 11 is 1.70. The van der Waals surface area contributed by atoms with Crippen molar-refractivity contribution in [3.8, 4) is 0 Å². The average Bonchev–Trinajstić information content (AvgIpc) is 3.43. The molecule has 1 amide bonds. The molecule has 5 heteroatoms. The van der Waals surface area contributed by atoms with Crippen LogP contribution in [0, 0.1) is 0 Å². The maximum absolute atomic E-state index is 13.1. The van der Waals surface area contributed by atoms with E-state index in [1.165, 1.54) is 10.6 Å². The summed E-state index contributed by atoms with van der Waals surface area (Å²) in [5.74, 6) is 0.144. The molecule has 0 bridgehead atoms. The van der Waals surface area contributed by atoms with E-state index in [9.17, 15) is 4.79 Å². The van der Waals surface area contributed by atoms with Crippen molar-refractivity contribution in [2.24, 2.45) is 0 Å². The van der Waals surface area contributed by atoms with Crippen LogP contribution in [0.4, 0.5) is 11.4 Å². The van der Waals surface area contributed by atoms with E-state index in [0.29, 0.717) is 6.10 Å². The Labute approximate surface area is 159 Å². The Kier molecular flexibility index (Phi) is 5.00. The van der Waals surface area contributed by atoms with Gasteiger partial charge in [0, 0.05) is 36.5 Å². The van der Waals surface area contributed by atoms with E-state index < -0.39 is 0 Å². The number of carbonyl (C=O) groups is 1. The highest BCUT2D eigenvalue weighted by Crippen LogP contribution is 2.44. The zero-order valence-corrected chi connectivity index (χ0v) is 16.1. The molecule has 0 spiro atoms. The first-order chi connectivity index (χ1) is 12.7. The minimum atomic E-state index is -0.340. The largest absolute Gasteiger partial charge is 0.380 e. The predicted molar refractivity (Wildman–Crippen MR) is 107 cm³/mol. The monoisotopic (exact) mass is 370 g/mol. The van der Waals surface area contributed by atoms with Crippen LogP contribution in [0.25, 0.3) is 0 Å². The molecule has 1 saturated carbocycles. The molecule has 1 N–H and O–H groups in total. The first kappa shape index (κ1) is 17.6. The van der Waals surface area contributed by atoms with E-state index in [1.807, 2.05) is 18.2 Å². The van der Waals surface area contributed by atoms with Crippen LogP contribution in [0.1, 0.15) is 37.0 Å². The molecule has 138 valence electrons. The van der Waals surface area contributed by atoms with Crippen LogP contribution in [-0.4, -0.2) is 32.2 Å². The first-order valence-corrected chi connectivity index (χ1v) is 10.3. The summed E-state index contributed by atoms with van der Waals surface area (Å²) in [6.45, 7) is 1.95. The molecule has 2 heterocycles. The molecule has 1 aliphatic carbocycles. The summed E-state index contributed by atoms with van der Waals surface area (Å²) in [5, 5.41) is 5.25. The molecule has 1 aromatic heterocycles. The van der Waals surface area contributed by atoms with Crippen LogP contribution in [-0.2, 0) is 14.9 Å². The van der Waals surface area contributed by atoms with E-state index in [2.05, 4.69) is 33.8 Å². The Hall–Kier alpha value is -1.85. The van der Waals surface area contributed by atoms with Gasteiger partial charge in [-0.1, -0.05) is 18.9 Å². The summed E-state index contributed by atoms with van der Waals surface area (Å²) in [6.07, 6.45) is 5.54. The molecule has 4 nitrogen and oxygen atoms in total. The molecule has 2 aliphatic rings. The van der Waals surface area contributed by atoms with Gasteiger partial charge in [-0.2, -0.15) is 0 Å². The van der Waals surface area contributed by atoms with Crippen molar-refractivity contribution in [3.63, 3.8) is 0 Å². The number of carbonyl (C=O) groups excluding carboxylic acids is 1. The van der Waals surface area contributed by atoms with Gasteiger partial charge in [-0.05, 0) is 55.0 Å². The Morgan fingerprint density at radius 1 is 1.23 bits per heavy atom. The molecular weight excluding hydrogens is 344 g/mol. The quantitative estimate of drug-likeness (QED) is 0.847. The number of hydrogen-bond acceptors (Lipinski definition) is 4. The minimum Gasteiger partial charge on any atom is -0.380 e. The van der Waals surface area contributed by atoms with Crippen LogP contribution in [0.15, 0.2) is 41.8 Å². The SMILES string of the molecule is CO[C@H]1CCN(c2ccc(NC(=O)C3(c4cccs4)CCCC3)cc2)C1. The maximum atomic E-state index is 13.1. The van der Waals surface area contributed by atoms with Gasteiger partial charge in [0.25, 0.3) is 0 Å². The zero-order chi connectivity index (χ0) is 18.0. The van der Waals surface area contributed by atoms with Crippen molar-refractivity contribution >= 4 is 28.6 Å². The van der Waals surface area contributed by atoms with Gasteiger partial charge in [-0.25, -0.2) is 0 Å². The molecule has 1 saturated heterocycles. The normalized spacial score (nSPS) is 21.9. The van der Waals surface area contributed by atoms with Crippen molar-refractivity contribution in [2.45, 2.75) is 43.6 Å². The van der Waals surface area contributed by atoms with Gasteiger partial charge in [0.05, 0.1) is 11.5 Å². The van der Waals surface area contributed by atoms with Crippen LogP contribution >= 0.6 is 11.3 Å². The summed E-state index contributed by atoms with van der Waals surface area (Å²) in [6, 6.07) is 12.4. The van der Waals surface area contributed by atoms with Crippen molar-refractivity contribution in [1.29, 1.82) is 0 Å². The molecule has 1 aromatic carbocycles. The van der Waals surface area contributed by atoms with Gasteiger partial charge in [0.1, 0.15) is 0 Å². The van der Waals surface area contributed by atoms with Crippen LogP contribution < -0.4 is 10.2 Å². The lowest BCUT2D eigenvalue weighted by molar-refractivity contribution is -0.121. The fourth-order valence-corrected chi connectivity index (χ4v) is 5.26. The summed E-state index contributed by atoms with van der Waals surface area (Å²) in [4.78, 5) is 16.7. The third-order valence-electron chi connectivity index (χ3n) is 5.85. The van der Waals surface area contributed by atoms with Crippen molar-refractivity contribution < 1.29 is 9.53 Å². The Morgan fingerprint density at radius 3 is 2.62 bits per heavy atom. The van der Waals surface area contributed by atoms with Crippen molar-refractivity contribution in [2.75, 3.05) is 30.4 Å². The number of hydrogen-bond donors (Lipinski definition) is 1. The highest BCUT2D eigenvalue weighted by Gasteiger charge is 2.43. The number of benzene rings is 1. The average molecular weight is 371 g/mol.